The first kappa shape index (κ1) is 25.3. The predicted molar refractivity (Wildman–Crippen MR) is 133 cm³/mol. The molecule has 0 aliphatic heterocycles. The summed E-state index contributed by atoms with van der Waals surface area (Å²) in [5, 5.41) is 3.10. The maximum absolute atomic E-state index is 13.6. The summed E-state index contributed by atoms with van der Waals surface area (Å²) in [5.41, 5.74) is 1.10. The summed E-state index contributed by atoms with van der Waals surface area (Å²) >= 11 is 5.97. The summed E-state index contributed by atoms with van der Waals surface area (Å²) in [7, 11) is -2.56. The van der Waals surface area contributed by atoms with Crippen LogP contribution in [0, 0.1) is 0 Å². The quantitative estimate of drug-likeness (QED) is 0.486. The first-order valence-electron chi connectivity index (χ1n) is 10.6. The van der Waals surface area contributed by atoms with Crippen molar-refractivity contribution >= 4 is 39.1 Å². The van der Waals surface area contributed by atoms with Crippen LogP contribution in [-0.4, -0.2) is 44.8 Å². The van der Waals surface area contributed by atoms with E-state index in [4.69, 9.17) is 11.6 Å². The fourth-order valence-electron chi connectivity index (χ4n) is 3.42. The van der Waals surface area contributed by atoms with E-state index in [0.717, 1.165) is 9.87 Å². The van der Waals surface area contributed by atoms with Crippen LogP contribution in [0.3, 0.4) is 0 Å². The molecule has 2 amide bonds. The number of sulfonamides is 1. The first-order chi connectivity index (χ1) is 16.2. The number of amides is 2. The lowest BCUT2D eigenvalue weighted by molar-refractivity contribution is -0.139. The molecule has 0 saturated carbocycles. The topological polar surface area (TPSA) is 86.8 Å². The van der Waals surface area contributed by atoms with Gasteiger partial charge >= 0.3 is 0 Å². The Morgan fingerprint density at radius 1 is 0.912 bits per heavy atom. The van der Waals surface area contributed by atoms with Gasteiger partial charge in [0.2, 0.25) is 11.8 Å². The maximum atomic E-state index is 13.6. The third kappa shape index (κ3) is 5.95. The Hall–Kier alpha value is -3.36. The zero-order valence-corrected chi connectivity index (χ0v) is 20.5. The van der Waals surface area contributed by atoms with Crippen molar-refractivity contribution in [2.75, 3.05) is 17.9 Å². The fraction of sp³-hybridized carbons (Fsp3) is 0.200. The van der Waals surface area contributed by atoms with Crippen LogP contribution in [0.1, 0.15) is 12.5 Å². The molecule has 3 rings (SSSR count). The largest absolute Gasteiger partial charge is 0.357 e. The molecule has 9 heteroatoms. The van der Waals surface area contributed by atoms with Crippen molar-refractivity contribution in [2.45, 2.75) is 24.4 Å². The molecule has 0 spiro atoms. The zero-order chi connectivity index (χ0) is 24.7. The van der Waals surface area contributed by atoms with Crippen molar-refractivity contribution in [1.82, 2.24) is 10.2 Å². The van der Waals surface area contributed by atoms with Gasteiger partial charge in [0.25, 0.3) is 10.0 Å². The Morgan fingerprint density at radius 3 is 2.03 bits per heavy atom. The van der Waals surface area contributed by atoms with E-state index < -0.39 is 28.5 Å². The van der Waals surface area contributed by atoms with Gasteiger partial charge in [-0.15, -0.1) is 0 Å². The molecule has 3 aromatic rings. The molecule has 0 aliphatic rings. The van der Waals surface area contributed by atoms with Gasteiger partial charge in [-0.25, -0.2) is 8.42 Å². The molecule has 0 aliphatic carbocycles. The third-order valence-electron chi connectivity index (χ3n) is 5.33. The molecule has 1 atom stereocenters. The van der Waals surface area contributed by atoms with E-state index in [1.807, 2.05) is 0 Å². The molecule has 7 nitrogen and oxygen atoms in total. The van der Waals surface area contributed by atoms with E-state index in [9.17, 15) is 18.0 Å². The average Bonchev–Trinajstić information content (AvgIpc) is 2.86. The van der Waals surface area contributed by atoms with Gasteiger partial charge in [-0.3, -0.25) is 13.9 Å². The number of carbonyl (C=O) groups is 2. The number of benzene rings is 3. The molecule has 0 radical (unpaired) electrons. The average molecular weight is 500 g/mol. The standard InChI is InChI=1S/C25H26ClN3O4S/c1-19(25(31)27-2)28(17-20-13-15-21(26)16-14-20)24(30)18-29(22-9-5-3-6-10-22)34(32,33)23-11-7-4-8-12-23/h3-16,19H,17-18H2,1-2H3,(H,27,31)/t19-/m0/s1. The van der Waals surface area contributed by atoms with Crippen LogP contribution in [0.25, 0.3) is 0 Å². The number of rotatable bonds is 9. The van der Waals surface area contributed by atoms with Gasteiger partial charge in [-0.1, -0.05) is 60.1 Å². The Bertz CT molecular complexity index is 1220. The molecule has 0 aromatic heterocycles. The van der Waals surface area contributed by atoms with Gasteiger partial charge in [-0.05, 0) is 48.9 Å². The minimum atomic E-state index is -4.04. The van der Waals surface area contributed by atoms with E-state index in [1.54, 1.807) is 79.7 Å². The lowest BCUT2D eigenvalue weighted by Gasteiger charge is -2.31. The van der Waals surface area contributed by atoms with Crippen LogP contribution >= 0.6 is 11.6 Å². The second-order valence-corrected chi connectivity index (χ2v) is 9.90. The van der Waals surface area contributed by atoms with Gasteiger partial charge in [0.05, 0.1) is 10.6 Å². The zero-order valence-electron chi connectivity index (χ0n) is 18.9. The van der Waals surface area contributed by atoms with E-state index in [-0.39, 0.29) is 17.3 Å². The molecule has 1 N–H and O–H groups in total. The highest BCUT2D eigenvalue weighted by Crippen LogP contribution is 2.24. The Labute approximate surface area is 205 Å². The Morgan fingerprint density at radius 2 is 1.47 bits per heavy atom. The number of para-hydroxylation sites is 1. The van der Waals surface area contributed by atoms with Crippen molar-refractivity contribution in [3.63, 3.8) is 0 Å². The number of nitrogens with zero attached hydrogens (tertiary/aromatic N) is 2. The molecular weight excluding hydrogens is 474 g/mol. The van der Waals surface area contributed by atoms with Crippen molar-refractivity contribution in [3.05, 3.63) is 95.5 Å². The lowest BCUT2D eigenvalue weighted by atomic mass is 10.1. The molecule has 0 heterocycles. The third-order valence-corrected chi connectivity index (χ3v) is 7.37. The molecule has 0 bridgehead atoms. The monoisotopic (exact) mass is 499 g/mol. The fourth-order valence-corrected chi connectivity index (χ4v) is 4.98. The number of halogens is 1. The molecule has 0 unspecified atom stereocenters. The summed E-state index contributed by atoms with van der Waals surface area (Å²) in [6.45, 7) is 1.24. The molecule has 0 fully saturated rings. The number of likely N-dealkylation sites (N-methyl/N-ethyl adjacent to an activating group) is 1. The number of hydrogen-bond acceptors (Lipinski definition) is 4. The van der Waals surface area contributed by atoms with Crippen LogP contribution in [0.2, 0.25) is 5.02 Å². The molecule has 178 valence electrons. The van der Waals surface area contributed by atoms with Crippen LogP contribution in [0.4, 0.5) is 5.69 Å². The Balaban J connectivity index is 1.98. The van der Waals surface area contributed by atoms with Crippen molar-refractivity contribution in [1.29, 1.82) is 0 Å². The lowest BCUT2D eigenvalue weighted by Crippen LogP contribution is -2.50. The summed E-state index contributed by atoms with van der Waals surface area (Å²) < 4.78 is 28.1. The number of hydrogen-bond donors (Lipinski definition) is 1. The maximum Gasteiger partial charge on any atom is 0.264 e. The highest BCUT2D eigenvalue weighted by Gasteiger charge is 2.32. The first-order valence-corrected chi connectivity index (χ1v) is 12.4. The Kier molecular flexibility index (Phi) is 8.31. The van der Waals surface area contributed by atoms with Gasteiger partial charge < -0.3 is 10.2 Å². The van der Waals surface area contributed by atoms with Crippen molar-refractivity contribution in [3.8, 4) is 0 Å². The van der Waals surface area contributed by atoms with E-state index in [0.29, 0.717) is 10.7 Å². The summed E-state index contributed by atoms with van der Waals surface area (Å²) in [4.78, 5) is 27.4. The highest BCUT2D eigenvalue weighted by molar-refractivity contribution is 7.92. The molecule has 34 heavy (non-hydrogen) atoms. The van der Waals surface area contributed by atoms with Crippen LogP contribution in [0.5, 0.6) is 0 Å². The highest BCUT2D eigenvalue weighted by atomic mass is 35.5. The van der Waals surface area contributed by atoms with Crippen LogP contribution in [-0.2, 0) is 26.2 Å². The number of anilines is 1. The second-order valence-electron chi connectivity index (χ2n) is 7.60. The van der Waals surface area contributed by atoms with Crippen molar-refractivity contribution in [2.24, 2.45) is 0 Å². The minimum Gasteiger partial charge on any atom is -0.357 e. The van der Waals surface area contributed by atoms with Gasteiger partial charge in [-0.2, -0.15) is 0 Å². The minimum absolute atomic E-state index is 0.0651. The molecular formula is C25H26ClN3O4S. The second kappa shape index (κ2) is 11.2. The number of carbonyl (C=O) groups excluding carboxylic acids is 2. The summed E-state index contributed by atoms with van der Waals surface area (Å²) in [6.07, 6.45) is 0. The van der Waals surface area contributed by atoms with Gasteiger partial charge in [0, 0.05) is 18.6 Å². The molecule has 0 saturated heterocycles. The van der Waals surface area contributed by atoms with Crippen LogP contribution < -0.4 is 9.62 Å². The van der Waals surface area contributed by atoms with Crippen LogP contribution in [0.15, 0.2) is 89.8 Å². The van der Waals surface area contributed by atoms with E-state index in [1.165, 1.54) is 24.1 Å². The van der Waals surface area contributed by atoms with E-state index in [2.05, 4.69) is 5.32 Å². The summed E-state index contributed by atoms with van der Waals surface area (Å²) in [5.74, 6) is -0.881. The SMILES string of the molecule is CNC(=O)[C@H](C)N(Cc1ccc(Cl)cc1)C(=O)CN(c1ccccc1)S(=O)(=O)c1ccccc1. The number of nitrogens with one attached hydrogen (secondary N) is 1. The van der Waals surface area contributed by atoms with Crippen molar-refractivity contribution < 1.29 is 18.0 Å². The van der Waals surface area contributed by atoms with Gasteiger partial charge in [0.15, 0.2) is 0 Å². The summed E-state index contributed by atoms with van der Waals surface area (Å²) in [6, 6.07) is 22.4. The molecule has 3 aromatic carbocycles. The van der Waals surface area contributed by atoms with E-state index >= 15 is 0 Å². The van der Waals surface area contributed by atoms with Gasteiger partial charge in [0.1, 0.15) is 12.6 Å². The predicted octanol–water partition coefficient (Wildman–Crippen LogP) is 3.70. The smallest absolute Gasteiger partial charge is 0.264 e. The normalized spacial score (nSPS) is 12.0.